The molecule has 0 spiro atoms. The number of rotatable bonds is 6. The molecule has 2 aromatic carbocycles. The molecule has 6 heteroatoms. The van der Waals surface area contributed by atoms with Gasteiger partial charge in [0, 0.05) is 28.9 Å². The molecule has 0 aliphatic heterocycles. The van der Waals surface area contributed by atoms with Gasteiger partial charge in [-0.2, -0.15) is 0 Å². The largest absolute Gasteiger partial charge is 0.497 e. The van der Waals surface area contributed by atoms with Crippen LogP contribution in [0.5, 0.6) is 11.5 Å². The quantitative estimate of drug-likeness (QED) is 0.509. The lowest BCUT2D eigenvalue weighted by Crippen LogP contribution is -2.11. The van der Waals surface area contributed by atoms with E-state index in [-0.39, 0.29) is 6.04 Å². The van der Waals surface area contributed by atoms with Gasteiger partial charge in [0.25, 0.3) is 0 Å². The molecule has 0 fully saturated rings. The minimum Gasteiger partial charge on any atom is -0.497 e. The summed E-state index contributed by atoms with van der Waals surface area (Å²) in [5.41, 5.74) is 2.72. The highest BCUT2D eigenvalue weighted by atomic mass is 16.5. The summed E-state index contributed by atoms with van der Waals surface area (Å²) in [4.78, 5) is 13.7. The molecule has 0 saturated heterocycles. The molecule has 1 atom stereocenters. The molecule has 0 bridgehead atoms. The summed E-state index contributed by atoms with van der Waals surface area (Å²) in [7, 11) is 3.32. The number of methoxy groups -OCH3 is 2. The maximum absolute atomic E-state index is 5.55. The van der Waals surface area contributed by atoms with E-state index in [1.807, 2.05) is 54.6 Å². The fraction of sp³-hybridized carbons (Fsp3) is 0.174. The number of hydrogen-bond acceptors (Lipinski definition) is 6. The third-order valence-corrected chi connectivity index (χ3v) is 4.78. The summed E-state index contributed by atoms with van der Waals surface area (Å²) in [6.07, 6.45) is 3.50. The summed E-state index contributed by atoms with van der Waals surface area (Å²) in [6.45, 7) is 2.07. The van der Waals surface area contributed by atoms with E-state index in [0.717, 1.165) is 39.3 Å². The van der Waals surface area contributed by atoms with Crippen LogP contribution in [0.1, 0.15) is 18.5 Å². The lowest BCUT2D eigenvalue weighted by Gasteiger charge is -2.20. The van der Waals surface area contributed by atoms with Gasteiger partial charge in [-0.3, -0.25) is 4.98 Å². The Morgan fingerprint density at radius 2 is 1.79 bits per heavy atom. The second-order valence-corrected chi connectivity index (χ2v) is 6.63. The van der Waals surface area contributed by atoms with Crippen LogP contribution in [-0.4, -0.2) is 29.2 Å². The molecule has 29 heavy (non-hydrogen) atoms. The minimum absolute atomic E-state index is 0.0693. The molecule has 2 heterocycles. The van der Waals surface area contributed by atoms with E-state index < -0.39 is 0 Å². The van der Waals surface area contributed by atoms with Gasteiger partial charge in [-0.15, -0.1) is 0 Å². The van der Waals surface area contributed by atoms with Crippen LogP contribution >= 0.6 is 0 Å². The predicted molar refractivity (Wildman–Crippen MR) is 114 cm³/mol. The molecule has 0 radical (unpaired) electrons. The number of nitrogens with zero attached hydrogens (tertiary/aromatic N) is 3. The second kappa shape index (κ2) is 8.14. The monoisotopic (exact) mass is 386 g/mol. The van der Waals surface area contributed by atoms with Gasteiger partial charge in [0.15, 0.2) is 5.82 Å². The van der Waals surface area contributed by atoms with Gasteiger partial charge in [-0.25, -0.2) is 9.97 Å². The van der Waals surface area contributed by atoms with Crippen LogP contribution in [0.4, 0.5) is 5.82 Å². The van der Waals surface area contributed by atoms with Crippen LogP contribution in [0.3, 0.4) is 0 Å². The van der Waals surface area contributed by atoms with Crippen molar-refractivity contribution < 1.29 is 9.47 Å². The van der Waals surface area contributed by atoms with E-state index in [1.54, 1.807) is 26.6 Å². The summed E-state index contributed by atoms with van der Waals surface area (Å²) < 4.78 is 10.9. The van der Waals surface area contributed by atoms with Crippen LogP contribution in [-0.2, 0) is 0 Å². The molecule has 0 unspecified atom stereocenters. The Morgan fingerprint density at radius 1 is 0.931 bits per heavy atom. The number of nitrogens with one attached hydrogen (secondary N) is 1. The van der Waals surface area contributed by atoms with Crippen molar-refractivity contribution in [3.05, 3.63) is 72.6 Å². The van der Waals surface area contributed by atoms with E-state index in [9.17, 15) is 0 Å². The Labute approximate surface area is 169 Å². The fourth-order valence-electron chi connectivity index (χ4n) is 3.27. The van der Waals surface area contributed by atoms with Gasteiger partial charge in [0.1, 0.15) is 17.3 Å². The molecule has 4 aromatic rings. The molecule has 0 aliphatic carbocycles. The molecule has 0 saturated carbocycles. The first kappa shape index (κ1) is 18.7. The highest BCUT2D eigenvalue weighted by Crippen LogP contribution is 2.33. The number of benzene rings is 2. The predicted octanol–water partition coefficient (Wildman–Crippen LogP) is 4.88. The van der Waals surface area contributed by atoms with E-state index in [1.165, 1.54) is 0 Å². The van der Waals surface area contributed by atoms with Crippen LogP contribution in [0, 0.1) is 0 Å². The van der Waals surface area contributed by atoms with Crippen LogP contribution < -0.4 is 14.8 Å². The number of fused-ring (bicyclic) bond motifs is 1. The van der Waals surface area contributed by atoms with Crippen molar-refractivity contribution in [3.63, 3.8) is 0 Å². The van der Waals surface area contributed by atoms with Crippen molar-refractivity contribution in [1.82, 2.24) is 15.0 Å². The Kier molecular flexibility index (Phi) is 5.24. The van der Waals surface area contributed by atoms with E-state index in [4.69, 9.17) is 19.4 Å². The van der Waals surface area contributed by atoms with Crippen molar-refractivity contribution in [3.8, 4) is 22.9 Å². The SMILES string of the molecule is COc1ccc(OC)c([C@@H](C)Nc2nc(-c3cccnc3)nc3ccccc23)c1. The zero-order valence-corrected chi connectivity index (χ0v) is 16.6. The van der Waals surface area contributed by atoms with Crippen LogP contribution in [0.15, 0.2) is 67.0 Å². The lowest BCUT2D eigenvalue weighted by atomic mass is 10.1. The Hall–Kier alpha value is -3.67. The van der Waals surface area contributed by atoms with Gasteiger partial charge in [0.05, 0.1) is 25.8 Å². The van der Waals surface area contributed by atoms with E-state index in [2.05, 4.69) is 17.2 Å². The Balaban J connectivity index is 1.78. The highest BCUT2D eigenvalue weighted by molar-refractivity contribution is 5.90. The summed E-state index contributed by atoms with van der Waals surface area (Å²) in [6, 6.07) is 17.5. The van der Waals surface area contributed by atoms with Gasteiger partial charge in [0.2, 0.25) is 0 Å². The van der Waals surface area contributed by atoms with Gasteiger partial charge < -0.3 is 14.8 Å². The molecule has 146 valence electrons. The number of ether oxygens (including phenoxy) is 2. The second-order valence-electron chi connectivity index (χ2n) is 6.63. The smallest absolute Gasteiger partial charge is 0.163 e. The van der Waals surface area contributed by atoms with Crippen molar-refractivity contribution in [2.24, 2.45) is 0 Å². The van der Waals surface area contributed by atoms with Gasteiger partial charge >= 0.3 is 0 Å². The first-order valence-corrected chi connectivity index (χ1v) is 9.35. The maximum atomic E-state index is 5.55. The van der Waals surface area contributed by atoms with Gasteiger partial charge in [-0.05, 0) is 49.4 Å². The lowest BCUT2D eigenvalue weighted by molar-refractivity contribution is 0.397. The number of para-hydroxylation sites is 1. The third kappa shape index (κ3) is 3.82. The summed E-state index contributed by atoms with van der Waals surface area (Å²) in [5.74, 6) is 2.95. The standard InChI is InChI=1S/C23H22N4O2/c1-15(19-13-17(28-2)10-11-21(19)29-3)25-23-18-8-4-5-9-20(18)26-22(27-23)16-7-6-12-24-14-16/h4-15H,1-3H3,(H,25,26,27)/t15-/m1/s1. The van der Waals surface area contributed by atoms with Gasteiger partial charge in [-0.1, -0.05) is 12.1 Å². The maximum Gasteiger partial charge on any atom is 0.163 e. The zero-order chi connectivity index (χ0) is 20.2. The number of pyridine rings is 1. The van der Waals surface area contributed by atoms with Crippen molar-refractivity contribution in [2.75, 3.05) is 19.5 Å². The first-order chi connectivity index (χ1) is 14.2. The van der Waals surface area contributed by atoms with Crippen LogP contribution in [0.2, 0.25) is 0 Å². The summed E-state index contributed by atoms with van der Waals surface area (Å²) in [5, 5.41) is 4.48. The molecule has 1 N–H and O–H groups in total. The van der Waals surface area contributed by atoms with Crippen molar-refractivity contribution in [2.45, 2.75) is 13.0 Å². The van der Waals surface area contributed by atoms with E-state index in [0.29, 0.717) is 5.82 Å². The molecule has 0 amide bonds. The van der Waals surface area contributed by atoms with Crippen molar-refractivity contribution >= 4 is 16.7 Å². The normalized spacial score (nSPS) is 11.8. The molecule has 4 rings (SSSR count). The Morgan fingerprint density at radius 3 is 2.55 bits per heavy atom. The average Bonchev–Trinajstić information content (AvgIpc) is 2.79. The molecular formula is C23H22N4O2. The third-order valence-electron chi connectivity index (χ3n) is 4.78. The minimum atomic E-state index is -0.0693. The number of aromatic nitrogens is 3. The molecule has 0 aliphatic rings. The molecular weight excluding hydrogens is 364 g/mol. The zero-order valence-electron chi connectivity index (χ0n) is 16.6. The fourth-order valence-corrected chi connectivity index (χ4v) is 3.27. The van der Waals surface area contributed by atoms with E-state index >= 15 is 0 Å². The number of hydrogen-bond donors (Lipinski definition) is 1. The molecule has 2 aromatic heterocycles. The topological polar surface area (TPSA) is 69.2 Å². The number of anilines is 1. The Bertz CT molecular complexity index is 1130. The first-order valence-electron chi connectivity index (χ1n) is 9.35. The average molecular weight is 386 g/mol. The van der Waals surface area contributed by atoms with Crippen LogP contribution in [0.25, 0.3) is 22.3 Å². The molecule has 6 nitrogen and oxygen atoms in total. The highest BCUT2D eigenvalue weighted by Gasteiger charge is 2.16. The van der Waals surface area contributed by atoms with Crippen molar-refractivity contribution in [1.29, 1.82) is 0 Å². The summed E-state index contributed by atoms with van der Waals surface area (Å²) >= 11 is 0.